The first-order valence-electron chi connectivity index (χ1n) is 8.27. The highest BCUT2D eigenvalue weighted by molar-refractivity contribution is 8.13. The van der Waals surface area contributed by atoms with Crippen molar-refractivity contribution >= 4 is 28.8 Å². The van der Waals surface area contributed by atoms with Gasteiger partial charge in [0.2, 0.25) is 6.61 Å². The summed E-state index contributed by atoms with van der Waals surface area (Å²) >= 11 is 3.09. The van der Waals surface area contributed by atoms with Gasteiger partial charge in [-0.05, 0) is 37.1 Å². The molecule has 1 aliphatic rings. The van der Waals surface area contributed by atoms with Crippen molar-refractivity contribution < 1.29 is 9.53 Å². The third-order valence-corrected chi connectivity index (χ3v) is 5.68. The number of carbonyl (C=O) groups excluding carboxylic acids is 1. The Balaban J connectivity index is 1.44. The fourth-order valence-corrected chi connectivity index (χ4v) is 3.92. The monoisotopic (exact) mass is 369 g/mol. The Labute approximate surface area is 157 Å². The first kappa shape index (κ1) is 17.9. The van der Waals surface area contributed by atoms with Crippen LogP contribution in [0.5, 0.6) is 0 Å². The molecule has 2 nitrogen and oxygen atoms in total. The topological polar surface area (TPSA) is 30.6 Å². The molecule has 0 aromatic heterocycles. The van der Waals surface area contributed by atoms with Gasteiger partial charge in [-0.15, -0.1) is 11.8 Å². The predicted octanol–water partition coefficient (Wildman–Crippen LogP) is 5.82. The van der Waals surface area contributed by atoms with Crippen LogP contribution in [0.1, 0.15) is 18.4 Å². The summed E-state index contributed by atoms with van der Waals surface area (Å²) < 4.78 is 5.41. The zero-order chi connectivity index (χ0) is 17.3. The third kappa shape index (κ3) is 6.15. The van der Waals surface area contributed by atoms with Gasteiger partial charge in [0, 0.05) is 21.1 Å². The summed E-state index contributed by atoms with van der Waals surface area (Å²) in [4.78, 5) is 12.2. The van der Waals surface area contributed by atoms with Crippen molar-refractivity contribution in [1.29, 1.82) is 0 Å². The summed E-state index contributed by atoms with van der Waals surface area (Å²) in [7, 11) is 0. The van der Waals surface area contributed by atoms with Crippen molar-refractivity contribution in [2.75, 3.05) is 5.75 Å². The van der Waals surface area contributed by atoms with Crippen LogP contribution >= 0.6 is 23.5 Å². The highest BCUT2D eigenvalue weighted by Gasteiger charge is 2.15. The molecular formula is C21H21O2S2+. The number of ether oxygens (including phenoxy) is 1. The molecule has 0 radical (unpaired) electrons. The van der Waals surface area contributed by atoms with Gasteiger partial charge >= 0.3 is 5.30 Å². The van der Waals surface area contributed by atoms with Crippen LogP contribution < -0.4 is 0 Å². The average molecular weight is 370 g/mol. The average Bonchev–Trinajstić information content (AvgIpc) is 2.67. The second-order valence-electron chi connectivity index (χ2n) is 5.69. The molecular weight excluding hydrogens is 348 g/mol. The molecule has 0 spiro atoms. The molecule has 0 saturated carbocycles. The number of hydrogen-bond acceptors (Lipinski definition) is 3. The highest BCUT2D eigenvalue weighted by Crippen LogP contribution is 2.27. The zero-order valence-corrected chi connectivity index (χ0v) is 15.6. The Morgan fingerprint density at radius 1 is 1.00 bits per heavy atom. The molecule has 0 saturated heterocycles. The quantitative estimate of drug-likeness (QED) is 0.365. The smallest absolute Gasteiger partial charge is 0.330 e. The van der Waals surface area contributed by atoms with E-state index in [1.165, 1.54) is 28.7 Å². The lowest BCUT2D eigenvalue weighted by atomic mass is 10.1. The Morgan fingerprint density at radius 2 is 1.76 bits per heavy atom. The summed E-state index contributed by atoms with van der Waals surface area (Å²) in [6.07, 6.45) is 8.90. The second-order valence-corrected chi connectivity index (χ2v) is 7.77. The SMILES string of the molecule is [OH+]=C(OCc1ccccc1)Sc1ccc(SCC2=CC=CCC2)cc1. The molecule has 3 rings (SSSR count). The first-order valence-corrected chi connectivity index (χ1v) is 10.1. The fourth-order valence-electron chi connectivity index (χ4n) is 2.40. The van der Waals surface area contributed by atoms with Gasteiger partial charge in [0.25, 0.3) is 0 Å². The van der Waals surface area contributed by atoms with Gasteiger partial charge in [0.15, 0.2) is 0 Å². The normalized spacial score (nSPS) is 13.4. The van der Waals surface area contributed by atoms with Crippen LogP contribution in [-0.2, 0) is 11.3 Å². The Hall–Kier alpha value is -1.91. The maximum absolute atomic E-state index is 9.95. The van der Waals surface area contributed by atoms with E-state index < -0.39 is 0 Å². The van der Waals surface area contributed by atoms with E-state index in [1.54, 1.807) is 0 Å². The van der Waals surface area contributed by atoms with Crippen molar-refractivity contribution in [2.45, 2.75) is 29.2 Å². The molecule has 0 bridgehead atoms. The first-order chi connectivity index (χ1) is 12.3. The van der Waals surface area contributed by atoms with E-state index in [-0.39, 0.29) is 5.30 Å². The van der Waals surface area contributed by atoms with Gasteiger partial charge in [-0.3, -0.25) is 0 Å². The Kier molecular flexibility index (Phi) is 6.83. The molecule has 0 aliphatic heterocycles. The lowest BCUT2D eigenvalue weighted by molar-refractivity contribution is 0.274. The highest BCUT2D eigenvalue weighted by atomic mass is 32.2. The number of hydrogen-bond donors (Lipinski definition) is 0. The lowest BCUT2D eigenvalue weighted by Gasteiger charge is -2.08. The Morgan fingerprint density at radius 3 is 2.48 bits per heavy atom. The van der Waals surface area contributed by atoms with Crippen LogP contribution in [0, 0.1) is 0 Å². The molecule has 1 aliphatic carbocycles. The Bertz CT molecular complexity index is 749. The van der Waals surface area contributed by atoms with Crippen LogP contribution in [-0.4, -0.2) is 15.8 Å². The van der Waals surface area contributed by atoms with E-state index in [2.05, 4.69) is 30.4 Å². The molecule has 0 fully saturated rings. The fraction of sp³-hybridized carbons (Fsp3) is 0.190. The third-order valence-electron chi connectivity index (χ3n) is 3.76. The summed E-state index contributed by atoms with van der Waals surface area (Å²) in [5, 5.41) is -0.0246. The molecule has 25 heavy (non-hydrogen) atoms. The summed E-state index contributed by atoms with van der Waals surface area (Å²) in [5.74, 6) is 1.04. The number of thioether (sulfide) groups is 2. The van der Waals surface area contributed by atoms with Crippen LogP contribution in [0.2, 0.25) is 0 Å². The standard InChI is InChI=1S/C21H20O2S2/c22-21(23-15-17-7-3-1-4-8-17)25-20-13-11-19(12-14-20)24-16-18-9-5-2-6-10-18/h1-5,7-9,11-14H,6,10,15-16H2/p+1. The molecule has 0 atom stereocenters. The number of benzene rings is 2. The van der Waals surface area contributed by atoms with Crippen molar-refractivity contribution in [2.24, 2.45) is 0 Å². The van der Waals surface area contributed by atoms with Crippen LogP contribution in [0.4, 0.5) is 0 Å². The van der Waals surface area contributed by atoms with Gasteiger partial charge in [0.1, 0.15) is 0 Å². The van der Waals surface area contributed by atoms with Crippen molar-refractivity contribution in [3.05, 3.63) is 84.0 Å². The molecule has 0 amide bonds. The van der Waals surface area contributed by atoms with Gasteiger partial charge in [-0.25, -0.2) is 0 Å². The summed E-state index contributed by atoms with van der Waals surface area (Å²) in [6.45, 7) is 0.372. The maximum atomic E-state index is 9.95. The molecule has 1 N–H and O–H groups in total. The van der Waals surface area contributed by atoms with E-state index in [0.29, 0.717) is 6.61 Å². The van der Waals surface area contributed by atoms with Crippen molar-refractivity contribution in [1.82, 2.24) is 0 Å². The van der Waals surface area contributed by atoms with Crippen molar-refractivity contribution in [3.8, 4) is 0 Å². The lowest BCUT2D eigenvalue weighted by Crippen LogP contribution is -2.00. The molecule has 0 heterocycles. The minimum absolute atomic E-state index is 0.0246. The largest absolute Gasteiger partial charge is 0.555 e. The van der Waals surface area contributed by atoms with Gasteiger partial charge in [0.05, 0.1) is 11.8 Å². The molecule has 128 valence electrons. The maximum Gasteiger partial charge on any atom is 0.555 e. The van der Waals surface area contributed by atoms with Crippen molar-refractivity contribution in [3.63, 3.8) is 0 Å². The number of rotatable bonds is 6. The molecule has 2 aromatic carbocycles. The minimum atomic E-state index is -0.0246. The van der Waals surface area contributed by atoms with Gasteiger partial charge < -0.3 is 9.53 Å². The van der Waals surface area contributed by atoms with Gasteiger partial charge in [-0.1, -0.05) is 54.1 Å². The van der Waals surface area contributed by atoms with E-state index in [4.69, 9.17) is 4.74 Å². The summed E-state index contributed by atoms with van der Waals surface area (Å²) in [5.41, 5.74) is 2.53. The minimum Gasteiger partial charge on any atom is -0.330 e. The van der Waals surface area contributed by atoms with Crippen LogP contribution in [0.3, 0.4) is 0 Å². The molecule has 4 heteroatoms. The van der Waals surface area contributed by atoms with E-state index in [0.717, 1.165) is 22.6 Å². The van der Waals surface area contributed by atoms with Gasteiger partial charge in [-0.2, -0.15) is 0 Å². The van der Waals surface area contributed by atoms with E-state index in [9.17, 15) is 4.79 Å². The summed E-state index contributed by atoms with van der Waals surface area (Å²) in [6, 6.07) is 18.0. The molecule has 2 aromatic rings. The zero-order valence-electron chi connectivity index (χ0n) is 13.9. The second kappa shape index (κ2) is 9.54. The number of allylic oxidation sites excluding steroid dienone is 3. The van der Waals surface area contributed by atoms with E-state index >= 15 is 0 Å². The van der Waals surface area contributed by atoms with Crippen LogP contribution in [0.15, 0.2) is 88.2 Å². The molecule has 0 unspecified atom stereocenters. The van der Waals surface area contributed by atoms with E-state index in [1.807, 2.05) is 54.2 Å². The van der Waals surface area contributed by atoms with Crippen LogP contribution in [0.25, 0.3) is 0 Å². The predicted molar refractivity (Wildman–Crippen MR) is 108 cm³/mol.